The standard InChI is InChI=1S/C18H28N2O3/c1-13-5-4-6-15(11-13)20-18(21)19-10-9-14-7-8-16(22-2)17(12-14)23-3/h7-8,12-13,15H,4-6,9-11H2,1-3H3,(H2,19,20,21). The quantitative estimate of drug-likeness (QED) is 0.846. The lowest BCUT2D eigenvalue weighted by molar-refractivity contribution is 0.227. The minimum absolute atomic E-state index is 0.0652. The Hall–Kier alpha value is -1.91. The van der Waals surface area contributed by atoms with Crippen molar-refractivity contribution in [2.24, 2.45) is 5.92 Å². The van der Waals surface area contributed by atoms with E-state index in [1.807, 2.05) is 18.2 Å². The normalized spacial score (nSPS) is 20.7. The van der Waals surface area contributed by atoms with Gasteiger partial charge in [0.25, 0.3) is 0 Å². The molecule has 23 heavy (non-hydrogen) atoms. The van der Waals surface area contributed by atoms with Gasteiger partial charge in [-0.05, 0) is 42.9 Å². The molecule has 1 aromatic carbocycles. The van der Waals surface area contributed by atoms with Crippen molar-refractivity contribution in [2.45, 2.75) is 45.1 Å². The van der Waals surface area contributed by atoms with Crippen LogP contribution in [-0.4, -0.2) is 32.8 Å². The molecule has 2 rings (SSSR count). The molecule has 2 unspecified atom stereocenters. The maximum Gasteiger partial charge on any atom is 0.315 e. The Kier molecular flexibility index (Phi) is 6.56. The van der Waals surface area contributed by atoms with Gasteiger partial charge in [0.15, 0.2) is 11.5 Å². The molecule has 2 N–H and O–H groups in total. The summed E-state index contributed by atoms with van der Waals surface area (Å²) in [5, 5.41) is 6.02. The predicted octanol–water partition coefficient (Wildman–Crippen LogP) is 3.12. The zero-order valence-electron chi connectivity index (χ0n) is 14.4. The van der Waals surface area contributed by atoms with Gasteiger partial charge in [0.1, 0.15) is 0 Å². The fourth-order valence-corrected chi connectivity index (χ4v) is 3.16. The maximum absolute atomic E-state index is 12.0. The van der Waals surface area contributed by atoms with Crippen LogP contribution in [0, 0.1) is 5.92 Å². The molecule has 0 bridgehead atoms. The van der Waals surface area contributed by atoms with Crippen LogP contribution in [-0.2, 0) is 6.42 Å². The van der Waals surface area contributed by atoms with Gasteiger partial charge >= 0.3 is 6.03 Å². The summed E-state index contributed by atoms with van der Waals surface area (Å²) in [5.41, 5.74) is 1.11. The molecule has 5 heteroatoms. The third-order valence-electron chi connectivity index (χ3n) is 4.42. The second-order valence-electron chi connectivity index (χ2n) is 6.31. The van der Waals surface area contributed by atoms with E-state index in [2.05, 4.69) is 17.6 Å². The molecule has 5 nitrogen and oxygen atoms in total. The lowest BCUT2D eigenvalue weighted by atomic mass is 9.87. The van der Waals surface area contributed by atoms with Crippen molar-refractivity contribution < 1.29 is 14.3 Å². The topological polar surface area (TPSA) is 59.6 Å². The molecule has 0 saturated heterocycles. The van der Waals surface area contributed by atoms with Crippen molar-refractivity contribution in [2.75, 3.05) is 20.8 Å². The Balaban J connectivity index is 1.75. The van der Waals surface area contributed by atoms with E-state index in [9.17, 15) is 4.79 Å². The lowest BCUT2D eigenvalue weighted by Gasteiger charge is -2.27. The van der Waals surface area contributed by atoms with E-state index < -0.39 is 0 Å². The summed E-state index contributed by atoms with van der Waals surface area (Å²) in [7, 11) is 3.24. The maximum atomic E-state index is 12.0. The van der Waals surface area contributed by atoms with E-state index in [1.165, 1.54) is 12.8 Å². The fourth-order valence-electron chi connectivity index (χ4n) is 3.16. The van der Waals surface area contributed by atoms with Gasteiger partial charge in [-0.1, -0.05) is 25.8 Å². The first-order chi connectivity index (χ1) is 11.1. The van der Waals surface area contributed by atoms with Gasteiger partial charge in [-0.15, -0.1) is 0 Å². The largest absolute Gasteiger partial charge is 0.493 e. The number of urea groups is 1. The van der Waals surface area contributed by atoms with E-state index in [1.54, 1.807) is 14.2 Å². The molecule has 0 aromatic heterocycles. The molecule has 1 aliphatic rings. The zero-order valence-corrected chi connectivity index (χ0v) is 14.4. The molecule has 2 atom stereocenters. The van der Waals surface area contributed by atoms with E-state index in [0.717, 1.165) is 24.8 Å². The third kappa shape index (κ3) is 5.34. The van der Waals surface area contributed by atoms with Gasteiger partial charge in [0.05, 0.1) is 14.2 Å². The summed E-state index contributed by atoms with van der Waals surface area (Å²) in [5.74, 6) is 2.14. The van der Waals surface area contributed by atoms with Gasteiger partial charge in [-0.25, -0.2) is 4.79 Å². The van der Waals surface area contributed by atoms with Gasteiger partial charge in [-0.3, -0.25) is 0 Å². The molecule has 0 radical (unpaired) electrons. The smallest absolute Gasteiger partial charge is 0.315 e. The Morgan fingerprint density at radius 1 is 1.22 bits per heavy atom. The van der Waals surface area contributed by atoms with E-state index >= 15 is 0 Å². The highest BCUT2D eigenvalue weighted by Gasteiger charge is 2.20. The molecule has 1 aliphatic carbocycles. The first kappa shape index (κ1) is 17.4. The van der Waals surface area contributed by atoms with Crippen LogP contribution in [0.3, 0.4) is 0 Å². The number of hydrogen-bond acceptors (Lipinski definition) is 3. The minimum Gasteiger partial charge on any atom is -0.493 e. The van der Waals surface area contributed by atoms with Crippen LogP contribution < -0.4 is 20.1 Å². The van der Waals surface area contributed by atoms with Crippen molar-refractivity contribution in [1.82, 2.24) is 10.6 Å². The Bertz CT molecular complexity index is 519. The number of carbonyl (C=O) groups is 1. The van der Waals surface area contributed by atoms with Crippen LogP contribution in [0.25, 0.3) is 0 Å². The van der Waals surface area contributed by atoms with Crippen LogP contribution in [0.15, 0.2) is 18.2 Å². The Labute approximate surface area is 138 Å². The molecule has 1 saturated carbocycles. The Morgan fingerprint density at radius 2 is 2.00 bits per heavy atom. The number of carbonyl (C=O) groups excluding carboxylic acids is 1. The number of ether oxygens (including phenoxy) is 2. The molecular formula is C18H28N2O3. The number of methoxy groups -OCH3 is 2. The first-order valence-electron chi connectivity index (χ1n) is 8.37. The average molecular weight is 320 g/mol. The molecule has 0 spiro atoms. The molecule has 0 heterocycles. The van der Waals surface area contributed by atoms with Crippen molar-refractivity contribution in [1.29, 1.82) is 0 Å². The summed E-state index contributed by atoms with van der Waals surface area (Å²) < 4.78 is 10.5. The number of amides is 2. The molecular weight excluding hydrogens is 292 g/mol. The third-order valence-corrected chi connectivity index (χ3v) is 4.42. The van der Waals surface area contributed by atoms with Gasteiger partial charge in [0, 0.05) is 12.6 Å². The lowest BCUT2D eigenvalue weighted by Crippen LogP contribution is -2.44. The van der Waals surface area contributed by atoms with Crippen molar-refractivity contribution in [3.8, 4) is 11.5 Å². The van der Waals surface area contributed by atoms with Crippen LogP contribution in [0.1, 0.15) is 38.2 Å². The zero-order chi connectivity index (χ0) is 16.7. The predicted molar refractivity (Wildman–Crippen MR) is 91.2 cm³/mol. The molecule has 1 fully saturated rings. The van der Waals surface area contributed by atoms with Crippen molar-refractivity contribution in [3.63, 3.8) is 0 Å². The molecule has 0 aliphatic heterocycles. The van der Waals surface area contributed by atoms with Crippen molar-refractivity contribution >= 4 is 6.03 Å². The fraction of sp³-hybridized carbons (Fsp3) is 0.611. The highest BCUT2D eigenvalue weighted by molar-refractivity contribution is 5.74. The van der Waals surface area contributed by atoms with E-state index in [0.29, 0.717) is 30.0 Å². The number of rotatable bonds is 6. The molecule has 2 amide bonds. The summed E-state index contributed by atoms with van der Waals surface area (Å²) in [6.45, 7) is 2.85. The Morgan fingerprint density at radius 3 is 2.70 bits per heavy atom. The first-order valence-corrected chi connectivity index (χ1v) is 8.37. The summed E-state index contributed by atoms with van der Waals surface area (Å²) in [6, 6.07) is 6.08. The number of hydrogen-bond donors (Lipinski definition) is 2. The van der Waals surface area contributed by atoms with Gasteiger partial charge in [-0.2, -0.15) is 0 Å². The minimum atomic E-state index is -0.0652. The van der Waals surface area contributed by atoms with Crippen molar-refractivity contribution in [3.05, 3.63) is 23.8 Å². The van der Waals surface area contributed by atoms with Gasteiger partial charge in [0.2, 0.25) is 0 Å². The van der Waals surface area contributed by atoms with Crippen LogP contribution in [0.5, 0.6) is 11.5 Å². The second kappa shape index (κ2) is 8.65. The monoisotopic (exact) mass is 320 g/mol. The van der Waals surface area contributed by atoms with E-state index in [-0.39, 0.29) is 6.03 Å². The van der Waals surface area contributed by atoms with Gasteiger partial charge < -0.3 is 20.1 Å². The summed E-state index contributed by atoms with van der Waals surface area (Å²) in [4.78, 5) is 12.0. The summed E-state index contributed by atoms with van der Waals surface area (Å²) >= 11 is 0. The number of nitrogens with one attached hydrogen (secondary N) is 2. The average Bonchev–Trinajstić information content (AvgIpc) is 2.54. The van der Waals surface area contributed by atoms with Crippen LogP contribution in [0.4, 0.5) is 4.79 Å². The highest BCUT2D eigenvalue weighted by Crippen LogP contribution is 2.27. The molecule has 1 aromatic rings. The summed E-state index contributed by atoms with van der Waals surface area (Å²) in [6.07, 6.45) is 5.42. The van der Waals surface area contributed by atoms with Crippen LogP contribution in [0.2, 0.25) is 0 Å². The van der Waals surface area contributed by atoms with E-state index in [4.69, 9.17) is 9.47 Å². The van der Waals surface area contributed by atoms with Crippen LogP contribution >= 0.6 is 0 Å². The number of benzene rings is 1. The SMILES string of the molecule is COc1ccc(CCNC(=O)NC2CCCC(C)C2)cc1OC. The second-order valence-corrected chi connectivity index (χ2v) is 6.31. The molecule has 128 valence electrons. The highest BCUT2D eigenvalue weighted by atomic mass is 16.5.